The Kier molecular flexibility index (Phi) is 4.19. The highest BCUT2D eigenvalue weighted by molar-refractivity contribution is 7.19. The van der Waals surface area contributed by atoms with E-state index in [2.05, 4.69) is 56.4 Å². The quantitative estimate of drug-likeness (QED) is 0.804. The number of hydrogen-bond acceptors (Lipinski definition) is 2. The third-order valence-corrected chi connectivity index (χ3v) is 4.43. The lowest BCUT2D eigenvalue weighted by Crippen LogP contribution is -2.28. The molecule has 0 amide bonds. The summed E-state index contributed by atoms with van der Waals surface area (Å²) < 4.78 is 1.39. The van der Waals surface area contributed by atoms with Crippen LogP contribution < -0.4 is 5.32 Å². The summed E-state index contributed by atoms with van der Waals surface area (Å²) in [6.45, 7) is 6.77. The van der Waals surface area contributed by atoms with Crippen molar-refractivity contribution in [1.82, 2.24) is 5.32 Å². The molecule has 0 bridgehead atoms. The van der Waals surface area contributed by atoms with Gasteiger partial charge in [-0.2, -0.15) is 0 Å². The van der Waals surface area contributed by atoms with E-state index in [0.717, 1.165) is 0 Å². The number of nitrogens with one attached hydrogen (secondary N) is 1. The maximum absolute atomic E-state index is 3.67. The lowest BCUT2D eigenvalue weighted by Gasteiger charge is -2.18. The van der Waals surface area contributed by atoms with Crippen LogP contribution in [0.2, 0.25) is 0 Å². The Bertz CT molecular complexity index is 441. The molecule has 0 aliphatic carbocycles. The summed E-state index contributed by atoms with van der Waals surface area (Å²) >= 11 is 1.90. The summed E-state index contributed by atoms with van der Waals surface area (Å²) in [4.78, 5) is 1.44. The van der Waals surface area contributed by atoms with Gasteiger partial charge in [0, 0.05) is 21.7 Å². The van der Waals surface area contributed by atoms with Crippen LogP contribution in [0.5, 0.6) is 0 Å². The van der Waals surface area contributed by atoms with Crippen LogP contribution >= 0.6 is 11.3 Å². The fourth-order valence-corrected chi connectivity index (χ4v) is 3.32. The topological polar surface area (TPSA) is 12.0 Å². The van der Waals surface area contributed by atoms with Crippen LogP contribution in [-0.2, 0) is 0 Å². The molecule has 0 saturated heterocycles. The first-order chi connectivity index (χ1) is 8.20. The monoisotopic (exact) mass is 247 g/mol. The third-order valence-electron chi connectivity index (χ3n) is 3.13. The average Bonchev–Trinajstić information content (AvgIpc) is 2.72. The highest BCUT2D eigenvalue weighted by Gasteiger charge is 2.11. The molecule has 1 aromatic heterocycles. The summed E-state index contributed by atoms with van der Waals surface area (Å²) in [5.41, 5.74) is 0. The van der Waals surface area contributed by atoms with Gasteiger partial charge in [-0.25, -0.2) is 0 Å². The molecule has 2 heteroatoms. The second-order valence-corrected chi connectivity index (χ2v) is 5.88. The standard InChI is InChI=1S/C15H21NS/c1-4-7-11(2)16-12(3)15-10-13-8-5-6-9-14(13)17-15/h5-6,8-12,16H,4,7H2,1-3H3. The lowest BCUT2D eigenvalue weighted by molar-refractivity contribution is 0.456. The van der Waals surface area contributed by atoms with Crippen molar-refractivity contribution in [3.05, 3.63) is 35.2 Å². The lowest BCUT2D eigenvalue weighted by atomic mass is 10.1. The largest absolute Gasteiger partial charge is 0.307 e. The van der Waals surface area contributed by atoms with Gasteiger partial charge in [0.15, 0.2) is 0 Å². The van der Waals surface area contributed by atoms with Gasteiger partial charge >= 0.3 is 0 Å². The summed E-state index contributed by atoms with van der Waals surface area (Å²) in [7, 11) is 0. The van der Waals surface area contributed by atoms with Crippen LogP contribution in [0.15, 0.2) is 30.3 Å². The number of benzene rings is 1. The Morgan fingerprint density at radius 3 is 2.71 bits per heavy atom. The minimum absolute atomic E-state index is 0.453. The second kappa shape index (κ2) is 5.65. The number of hydrogen-bond donors (Lipinski definition) is 1. The molecule has 1 N–H and O–H groups in total. The predicted octanol–water partition coefficient (Wildman–Crippen LogP) is 4.74. The highest BCUT2D eigenvalue weighted by Crippen LogP contribution is 2.29. The van der Waals surface area contributed by atoms with E-state index >= 15 is 0 Å². The average molecular weight is 247 g/mol. The van der Waals surface area contributed by atoms with E-state index in [9.17, 15) is 0 Å². The summed E-state index contributed by atoms with van der Waals surface area (Å²) in [5.74, 6) is 0. The van der Waals surface area contributed by atoms with Gasteiger partial charge in [0.05, 0.1) is 0 Å². The van der Waals surface area contributed by atoms with Gasteiger partial charge in [-0.1, -0.05) is 31.5 Å². The van der Waals surface area contributed by atoms with Crippen molar-refractivity contribution >= 4 is 21.4 Å². The summed E-state index contributed by atoms with van der Waals surface area (Å²) in [6, 6.07) is 12.0. The van der Waals surface area contributed by atoms with Crippen LogP contribution in [0.3, 0.4) is 0 Å². The Morgan fingerprint density at radius 2 is 2.00 bits per heavy atom. The minimum atomic E-state index is 0.453. The van der Waals surface area contributed by atoms with Gasteiger partial charge in [0.1, 0.15) is 0 Å². The first-order valence-electron chi connectivity index (χ1n) is 6.45. The van der Waals surface area contributed by atoms with Gasteiger partial charge in [-0.15, -0.1) is 11.3 Å². The fraction of sp³-hybridized carbons (Fsp3) is 0.467. The van der Waals surface area contributed by atoms with Gasteiger partial charge in [-0.05, 0) is 37.8 Å². The Morgan fingerprint density at radius 1 is 1.24 bits per heavy atom. The Labute approximate surface area is 108 Å². The number of rotatable bonds is 5. The van der Waals surface area contributed by atoms with Gasteiger partial charge in [0.25, 0.3) is 0 Å². The second-order valence-electron chi connectivity index (χ2n) is 4.76. The van der Waals surface area contributed by atoms with Crippen molar-refractivity contribution in [1.29, 1.82) is 0 Å². The molecular weight excluding hydrogens is 226 g/mol. The summed E-state index contributed by atoms with van der Waals surface area (Å²) in [6.07, 6.45) is 2.49. The minimum Gasteiger partial charge on any atom is -0.307 e. The molecule has 2 aromatic rings. The van der Waals surface area contributed by atoms with Crippen molar-refractivity contribution in [3.63, 3.8) is 0 Å². The molecule has 0 fully saturated rings. The SMILES string of the molecule is CCCC(C)NC(C)c1cc2ccccc2s1. The zero-order chi connectivity index (χ0) is 12.3. The summed E-state index contributed by atoms with van der Waals surface area (Å²) in [5, 5.41) is 5.03. The molecule has 0 saturated carbocycles. The van der Waals surface area contributed by atoms with Gasteiger partial charge in [-0.3, -0.25) is 0 Å². The molecule has 1 heterocycles. The van der Waals surface area contributed by atoms with Crippen LogP contribution in [-0.4, -0.2) is 6.04 Å². The van der Waals surface area contributed by atoms with Gasteiger partial charge < -0.3 is 5.32 Å². The zero-order valence-corrected chi connectivity index (χ0v) is 11.7. The first kappa shape index (κ1) is 12.6. The van der Waals surface area contributed by atoms with Crippen LogP contribution in [0, 0.1) is 0 Å². The molecule has 0 aliphatic rings. The Hall–Kier alpha value is -0.860. The van der Waals surface area contributed by atoms with E-state index in [1.807, 2.05) is 11.3 Å². The Balaban J connectivity index is 2.10. The molecule has 2 atom stereocenters. The van der Waals surface area contributed by atoms with Crippen molar-refractivity contribution in [2.45, 2.75) is 45.7 Å². The van der Waals surface area contributed by atoms with E-state index < -0.39 is 0 Å². The number of thiophene rings is 1. The van der Waals surface area contributed by atoms with Crippen molar-refractivity contribution in [2.24, 2.45) is 0 Å². The fourth-order valence-electron chi connectivity index (χ4n) is 2.24. The maximum Gasteiger partial charge on any atom is 0.0388 e. The molecular formula is C15H21NS. The van der Waals surface area contributed by atoms with Gasteiger partial charge in [0.2, 0.25) is 0 Å². The van der Waals surface area contributed by atoms with E-state index in [1.54, 1.807) is 0 Å². The van der Waals surface area contributed by atoms with Crippen LogP contribution in [0.1, 0.15) is 44.5 Å². The predicted molar refractivity (Wildman–Crippen MR) is 77.7 cm³/mol. The van der Waals surface area contributed by atoms with E-state index in [1.165, 1.54) is 27.8 Å². The zero-order valence-electron chi connectivity index (χ0n) is 10.9. The molecule has 1 nitrogen and oxygen atoms in total. The van der Waals surface area contributed by atoms with E-state index in [-0.39, 0.29) is 0 Å². The molecule has 0 aliphatic heterocycles. The van der Waals surface area contributed by atoms with Crippen molar-refractivity contribution < 1.29 is 0 Å². The molecule has 0 radical (unpaired) electrons. The molecule has 0 spiro atoms. The third kappa shape index (κ3) is 3.08. The van der Waals surface area contributed by atoms with Crippen LogP contribution in [0.25, 0.3) is 10.1 Å². The van der Waals surface area contributed by atoms with E-state index in [4.69, 9.17) is 0 Å². The number of fused-ring (bicyclic) bond motifs is 1. The normalized spacial score (nSPS) is 15.0. The molecule has 2 rings (SSSR count). The molecule has 17 heavy (non-hydrogen) atoms. The molecule has 2 unspecified atom stereocenters. The van der Waals surface area contributed by atoms with E-state index in [0.29, 0.717) is 12.1 Å². The smallest absolute Gasteiger partial charge is 0.0388 e. The molecule has 1 aromatic carbocycles. The van der Waals surface area contributed by atoms with Crippen LogP contribution in [0.4, 0.5) is 0 Å². The van der Waals surface area contributed by atoms with Crippen molar-refractivity contribution in [3.8, 4) is 0 Å². The maximum atomic E-state index is 3.67. The first-order valence-corrected chi connectivity index (χ1v) is 7.27. The molecule has 92 valence electrons. The van der Waals surface area contributed by atoms with Crippen molar-refractivity contribution in [2.75, 3.05) is 0 Å². The highest BCUT2D eigenvalue weighted by atomic mass is 32.1.